The molecule has 1 aliphatic heterocycles. The van der Waals surface area contributed by atoms with Crippen molar-refractivity contribution in [2.45, 2.75) is 6.42 Å². The third-order valence-corrected chi connectivity index (χ3v) is 4.96. The van der Waals surface area contributed by atoms with Gasteiger partial charge < -0.3 is 29.7 Å². The Hall–Kier alpha value is -2.58. The fraction of sp³-hybridized carbons (Fsp3) is 0.500. The van der Waals surface area contributed by atoms with E-state index in [9.17, 15) is 0 Å². The van der Waals surface area contributed by atoms with Crippen molar-refractivity contribution in [1.29, 1.82) is 0 Å². The zero-order chi connectivity index (χ0) is 19.9. The Morgan fingerprint density at radius 1 is 1.25 bits per heavy atom. The number of likely N-dealkylation sites (tertiary alicyclic amines) is 1. The second kappa shape index (κ2) is 9.57. The fourth-order valence-corrected chi connectivity index (χ4v) is 3.31. The van der Waals surface area contributed by atoms with Crippen molar-refractivity contribution in [3.05, 3.63) is 30.5 Å². The maximum Gasteiger partial charge on any atom is 0.231 e. The van der Waals surface area contributed by atoms with E-state index in [0.29, 0.717) is 35.8 Å². The lowest BCUT2D eigenvalue weighted by Gasteiger charge is -2.20. The first-order valence-corrected chi connectivity index (χ1v) is 9.45. The molecule has 1 fully saturated rings. The van der Waals surface area contributed by atoms with E-state index in [1.54, 1.807) is 26.5 Å². The maximum atomic E-state index is 6.14. The molecule has 152 valence electrons. The van der Waals surface area contributed by atoms with Gasteiger partial charge in [0.25, 0.3) is 0 Å². The van der Waals surface area contributed by atoms with Crippen molar-refractivity contribution in [3.8, 4) is 11.5 Å². The second-order valence-corrected chi connectivity index (χ2v) is 6.93. The van der Waals surface area contributed by atoms with E-state index in [2.05, 4.69) is 14.9 Å². The predicted molar refractivity (Wildman–Crippen MR) is 109 cm³/mol. The number of anilines is 3. The van der Waals surface area contributed by atoms with Crippen LogP contribution in [-0.4, -0.2) is 69.0 Å². The summed E-state index contributed by atoms with van der Waals surface area (Å²) < 4.78 is 16.8. The van der Waals surface area contributed by atoms with E-state index in [-0.39, 0.29) is 0 Å². The van der Waals surface area contributed by atoms with Crippen LogP contribution in [0.2, 0.25) is 0 Å². The molecular weight excluding hydrogens is 358 g/mol. The number of rotatable bonds is 9. The van der Waals surface area contributed by atoms with Gasteiger partial charge in [0.05, 0.1) is 20.3 Å². The molecule has 1 aliphatic rings. The molecule has 0 aliphatic carbocycles. The summed E-state index contributed by atoms with van der Waals surface area (Å²) >= 11 is 0. The monoisotopic (exact) mass is 387 g/mol. The van der Waals surface area contributed by atoms with Gasteiger partial charge in [-0.25, -0.2) is 4.98 Å². The molecule has 1 unspecified atom stereocenters. The van der Waals surface area contributed by atoms with Crippen molar-refractivity contribution in [2.75, 3.05) is 64.7 Å². The summed E-state index contributed by atoms with van der Waals surface area (Å²) in [5.74, 6) is 2.88. The Kier molecular flexibility index (Phi) is 6.89. The van der Waals surface area contributed by atoms with Crippen LogP contribution < -0.4 is 20.1 Å². The van der Waals surface area contributed by atoms with E-state index in [0.717, 1.165) is 38.3 Å². The van der Waals surface area contributed by atoms with Gasteiger partial charge in [-0.15, -0.1) is 0 Å². The summed E-state index contributed by atoms with van der Waals surface area (Å²) in [7, 11) is 5.28. The van der Waals surface area contributed by atoms with Gasteiger partial charge in [0.2, 0.25) is 5.95 Å². The normalized spacial score (nSPS) is 16.9. The van der Waals surface area contributed by atoms with Crippen molar-refractivity contribution in [3.63, 3.8) is 0 Å². The first kappa shape index (κ1) is 20.2. The van der Waals surface area contributed by atoms with Gasteiger partial charge >= 0.3 is 0 Å². The lowest BCUT2D eigenvalue weighted by molar-refractivity contribution is 0.155. The number of methoxy groups -OCH3 is 2. The predicted octanol–water partition coefficient (Wildman–Crippen LogP) is 2.18. The summed E-state index contributed by atoms with van der Waals surface area (Å²) in [5.41, 5.74) is 6.67. The standard InChI is InChI=1S/C20H29N5O3/c1-24(20-22-8-6-19(21)23-20)16-4-5-17(27-3)18(12-16)28-14-15-7-9-25(13-15)10-11-26-2/h4-6,8,12,15H,7,9-11,13-14H2,1-3H3,(H2,21,22,23). The molecule has 1 aromatic heterocycles. The molecule has 1 aromatic carbocycles. The van der Waals surface area contributed by atoms with E-state index >= 15 is 0 Å². The number of hydrogen-bond acceptors (Lipinski definition) is 8. The van der Waals surface area contributed by atoms with Gasteiger partial charge in [-0.05, 0) is 31.2 Å². The molecule has 28 heavy (non-hydrogen) atoms. The number of aromatic nitrogens is 2. The zero-order valence-corrected chi connectivity index (χ0v) is 16.8. The second-order valence-electron chi connectivity index (χ2n) is 6.93. The molecule has 0 radical (unpaired) electrons. The Balaban J connectivity index is 1.66. The molecule has 3 rings (SSSR count). The first-order valence-electron chi connectivity index (χ1n) is 9.45. The van der Waals surface area contributed by atoms with Crippen LogP contribution in [-0.2, 0) is 4.74 Å². The Morgan fingerprint density at radius 3 is 2.86 bits per heavy atom. The Labute approximate surface area is 166 Å². The number of nitrogen functional groups attached to an aromatic ring is 1. The molecule has 1 atom stereocenters. The molecule has 2 aromatic rings. The highest BCUT2D eigenvalue weighted by Gasteiger charge is 2.23. The molecular formula is C20H29N5O3. The van der Waals surface area contributed by atoms with Crippen LogP contribution in [0.5, 0.6) is 11.5 Å². The summed E-state index contributed by atoms with van der Waals surface area (Å²) in [6.45, 7) is 4.51. The van der Waals surface area contributed by atoms with Crippen LogP contribution in [0.4, 0.5) is 17.5 Å². The van der Waals surface area contributed by atoms with E-state index in [1.165, 1.54) is 0 Å². The lowest BCUT2D eigenvalue weighted by atomic mass is 10.1. The van der Waals surface area contributed by atoms with Gasteiger partial charge in [0, 0.05) is 51.1 Å². The highest BCUT2D eigenvalue weighted by atomic mass is 16.5. The summed E-state index contributed by atoms with van der Waals surface area (Å²) in [4.78, 5) is 12.8. The third-order valence-electron chi connectivity index (χ3n) is 4.96. The third kappa shape index (κ3) is 5.02. The Morgan fingerprint density at radius 2 is 2.11 bits per heavy atom. The molecule has 0 saturated carbocycles. The molecule has 2 N–H and O–H groups in total. The van der Waals surface area contributed by atoms with Crippen LogP contribution >= 0.6 is 0 Å². The van der Waals surface area contributed by atoms with Gasteiger partial charge in [-0.3, -0.25) is 0 Å². The minimum Gasteiger partial charge on any atom is -0.493 e. The van der Waals surface area contributed by atoms with Gasteiger partial charge in [0.15, 0.2) is 11.5 Å². The van der Waals surface area contributed by atoms with Crippen molar-refractivity contribution >= 4 is 17.5 Å². The van der Waals surface area contributed by atoms with E-state index in [1.807, 2.05) is 30.1 Å². The number of nitrogens with zero attached hydrogens (tertiary/aromatic N) is 4. The van der Waals surface area contributed by atoms with Gasteiger partial charge in [-0.2, -0.15) is 4.98 Å². The molecule has 2 heterocycles. The van der Waals surface area contributed by atoms with Crippen LogP contribution in [0.25, 0.3) is 0 Å². The highest BCUT2D eigenvalue weighted by molar-refractivity contribution is 5.62. The summed E-state index contributed by atoms with van der Waals surface area (Å²) in [6.07, 6.45) is 2.77. The number of benzene rings is 1. The van der Waals surface area contributed by atoms with E-state index < -0.39 is 0 Å². The van der Waals surface area contributed by atoms with Crippen molar-refractivity contribution in [2.24, 2.45) is 5.92 Å². The molecule has 0 bridgehead atoms. The quantitative estimate of drug-likeness (QED) is 0.701. The fourth-order valence-electron chi connectivity index (χ4n) is 3.31. The SMILES string of the molecule is COCCN1CCC(COc2cc(N(C)c3nccc(N)n3)ccc2OC)C1. The number of ether oxygens (including phenoxy) is 3. The van der Waals surface area contributed by atoms with E-state index in [4.69, 9.17) is 19.9 Å². The van der Waals surface area contributed by atoms with Crippen molar-refractivity contribution in [1.82, 2.24) is 14.9 Å². The summed E-state index contributed by atoms with van der Waals surface area (Å²) in [5, 5.41) is 0. The van der Waals surface area contributed by atoms with Gasteiger partial charge in [-0.1, -0.05) is 0 Å². The lowest BCUT2D eigenvalue weighted by Crippen LogP contribution is -2.26. The van der Waals surface area contributed by atoms with Crippen LogP contribution in [0.1, 0.15) is 6.42 Å². The molecule has 8 heteroatoms. The highest BCUT2D eigenvalue weighted by Crippen LogP contribution is 2.34. The average molecular weight is 387 g/mol. The molecule has 0 amide bonds. The van der Waals surface area contributed by atoms with Crippen LogP contribution in [0, 0.1) is 5.92 Å². The van der Waals surface area contributed by atoms with Crippen molar-refractivity contribution < 1.29 is 14.2 Å². The topological polar surface area (TPSA) is 86.0 Å². The Bertz CT molecular complexity index is 773. The minimum absolute atomic E-state index is 0.432. The molecule has 8 nitrogen and oxygen atoms in total. The van der Waals surface area contributed by atoms with Crippen LogP contribution in [0.15, 0.2) is 30.5 Å². The molecule has 1 saturated heterocycles. The maximum absolute atomic E-state index is 6.14. The van der Waals surface area contributed by atoms with Gasteiger partial charge in [0.1, 0.15) is 5.82 Å². The first-order chi connectivity index (χ1) is 13.6. The number of hydrogen-bond donors (Lipinski definition) is 1. The zero-order valence-electron chi connectivity index (χ0n) is 16.8. The largest absolute Gasteiger partial charge is 0.493 e. The smallest absolute Gasteiger partial charge is 0.231 e. The molecule has 0 spiro atoms. The number of nitrogens with two attached hydrogens (primary N) is 1. The average Bonchev–Trinajstić information content (AvgIpc) is 3.17. The summed E-state index contributed by atoms with van der Waals surface area (Å²) in [6, 6.07) is 7.45. The van der Waals surface area contributed by atoms with Crippen LogP contribution in [0.3, 0.4) is 0 Å². The minimum atomic E-state index is 0.432.